The molecule has 1 heterocycles. The molecule has 1 aromatic heterocycles. The largest absolute Gasteiger partial charge is 0.423 e. The zero-order valence-electron chi connectivity index (χ0n) is 9.85. The normalized spacial score (nSPS) is 10.6. The van der Waals surface area contributed by atoms with Crippen LogP contribution in [0.4, 0.5) is 5.69 Å². The zero-order valence-corrected chi connectivity index (χ0v) is 11.5. The topological polar surface area (TPSA) is 59.3 Å². The van der Waals surface area contributed by atoms with Crippen LogP contribution in [0.15, 0.2) is 33.5 Å². The highest BCUT2D eigenvalue weighted by molar-refractivity contribution is 8.82. The molecule has 2 rings (SSSR count). The van der Waals surface area contributed by atoms with Gasteiger partial charge in [0.1, 0.15) is 5.58 Å². The number of hydrogen-bond donors (Lipinski definition) is 1. The van der Waals surface area contributed by atoms with Crippen LogP contribution in [0.25, 0.3) is 11.0 Å². The molecule has 4 nitrogen and oxygen atoms in total. The molecule has 0 unspecified atom stereocenters. The number of benzene rings is 1. The van der Waals surface area contributed by atoms with Crippen LogP contribution in [0.1, 0.15) is 12.5 Å². The van der Waals surface area contributed by atoms with Crippen LogP contribution in [-0.4, -0.2) is 5.12 Å². The number of carbonyl (C=O) groups excluding carboxylic acids is 1. The summed E-state index contributed by atoms with van der Waals surface area (Å²) in [5.41, 5.74) is 1.86. The van der Waals surface area contributed by atoms with Crippen molar-refractivity contribution < 1.29 is 9.21 Å². The van der Waals surface area contributed by atoms with Crippen molar-refractivity contribution in [3.63, 3.8) is 0 Å². The highest BCUT2D eigenvalue weighted by atomic mass is 33.1. The molecule has 94 valence electrons. The molecule has 0 fully saturated rings. The van der Waals surface area contributed by atoms with E-state index in [0.29, 0.717) is 5.58 Å². The number of hydrogen-bond acceptors (Lipinski definition) is 6. The number of nitrogens with one attached hydrogen (secondary N) is 1. The Morgan fingerprint density at radius 1 is 1.33 bits per heavy atom. The zero-order chi connectivity index (χ0) is 13.1. The Bertz CT molecular complexity index is 651. The molecular weight excluding hydrogens is 270 g/mol. The summed E-state index contributed by atoms with van der Waals surface area (Å²) in [5, 5.41) is 0.931. The molecule has 0 radical (unpaired) electrons. The summed E-state index contributed by atoms with van der Waals surface area (Å²) in [5.74, 6) is 0. The summed E-state index contributed by atoms with van der Waals surface area (Å²) in [7, 11) is 2.34. The highest BCUT2D eigenvalue weighted by Gasteiger charge is 2.03. The number of anilines is 1. The van der Waals surface area contributed by atoms with Gasteiger partial charge in [0.2, 0.25) is 0 Å². The third-order valence-corrected chi connectivity index (χ3v) is 4.11. The quantitative estimate of drug-likeness (QED) is 0.529. The predicted molar refractivity (Wildman–Crippen MR) is 76.7 cm³/mol. The molecule has 1 N–H and O–H groups in total. The number of carbonyl (C=O) groups is 1. The van der Waals surface area contributed by atoms with Gasteiger partial charge in [-0.15, -0.1) is 0 Å². The highest BCUT2D eigenvalue weighted by Crippen LogP contribution is 2.27. The van der Waals surface area contributed by atoms with Crippen molar-refractivity contribution >= 4 is 43.5 Å². The summed E-state index contributed by atoms with van der Waals surface area (Å²) >= 11 is 0. The van der Waals surface area contributed by atoms with Gasteiger partial charge in [-0.2, -0.15) is 0 Å². The fourth-order valence-electron chi connectivity index (χ4n) is 1.52. The molecule has 0 aliphatic heterocycles. The lowest BCUT2D eigenvalue weighted by Gasteiger charge is -2.05. The van der Waals surface area contributed by atoms with Gasteiger partial charge in [0.15, 0.2) is 5.12 Å². The van der Waals surface area contributed by atoms with E-state index < -0.39 is 0 Å². The maximum atomic E-state index is 11.3. The molecule has 18 heavy (non-hydrogen) atoms. The van der Waals surface area contributed by atoms with Crippen LogP contribution in [0.5, 0.6) is 0 Å². The van der Waals surface area contributed by atoms with E-state index in [9.17, 15) is 9.59 Å². The van der Waals surface area contributed by atoms with Gasteiger partial charge in [-0.25, -0.2) is 4.79 Å². The van der Waals surface area contributed by atoms with Crippen LogP contribution < -0.4 is 10.3 Å². The standard InChI is InChI=1S/C12H11NO3S2/c1-7-5-12(15)16-11-6-9(3-4-10(7)11)13-18-17-8(2)14/h3-6,13H,1-2H3. The Balaban J connectivity index is 2.27. The summed E-state index contributed by atoms with van der Waals surface area (Å²) in [4.78, 5) is 22.1. The molecule has 6 heteroatoms. The Morgan fingerprint density at radius 2 is 2.11 bits per heavy atom. The average molecular weight is 281 g/mol. The Morgan fingerprint density at radius 3 is 2.83 bits per heavy atom. The summed E-state index contributed by atoms with van der Waals surface area (Å²) in [6.45, 7) is 3.37. The van der Waals surface area contributed by atoms with Crippen molar-refractivity contribution in [2.24, 2.45) is 0 Å². The Labute approximate surface area is 112 Å². The van der Waals surface area contributed by atoms with Crippen LogP contribution >= 0.6 is 21.8 Å². The van der Waals surface area contributed by atoms with Crippen LogP contribution in [0, 0.1) is 6.92 Å². The average Bonchev–Trinajstić information content (AvgIpc) is 2.27. The number of fused-ring (bicyclic) bond motifs is 1. The van der Waals surface area contributed by atoms with E-state index in [0.717, 1.165) is 27.4 Å². The fourth-order valence-corrected chi connectivity index (χ4v) is 2.66. The van der Waals surface area contributed by atoms with E-state index in [4.69, 9.17) is 4.42 Å². The van der Waals surface area contributed by atoms with Crippen molar-refractivity contribution in [1.82, 2.24) is 0 Å². The molecule has 0 spiro atoms. The summed E-state index contributed by atoms with van der Waals surface area (Å²) in [6, 6.07) is 6.98. The fraction of sp³-hybridized carbons (Fsp3) is 0.167. The molecule has 0 bridgehead atoms. The van der Waals surface area contributed by atoms with Crippen LogP contribution in [0.3, 0.4) is 0 Å². The lowest BCUT2D eigenvalue weighted by Crippen LogP contribution is -1.98. The van der Waals surface area contributed by atoms with Crippen LogP contribution in [0.2, 0.25) is 0 Å². The van der Waals surface area contributed by atoms with Gasteiger partial charge >= 0.3 is 5.63 Å². The second-order valence-electron chi connectivity index (χ2n) is 3.72. The molecule has 0 atom stereocenters. The third-order valence-electron chi connectivity index (χ3n) is 2.27. The minimum Gasteiger partial charge on any atom is -0.423 e. The van der Waals surface area contributed by atoms with Crippen molar-refractivity contribution in [2.45, 2.75) is 13.8 Å². The van der Waals surface area contributed by atoms with Crippen molar-refractivity contribution in [3.8, 4) is 0 Å². The Hall–Kier alpha value is -1.40. The van der Waals surface area contributed by atoms with E-state index in [1.807, 2.05) is 19.1 Å². The van der Waals surface area contributed by atoms with Crippen LogP contribution in [-0.2, 0) is 4.79 Å². The first kappa shape index (κ1) is 13.0. The number of rotatable bonds is 3. The SMILES string of the molecule is CC(=O)SSNc1ccc2c(C)cc(=O)oc2c1. The van der Waals surface area contributed by atoms with Crippen molar-refractivity contribution in [3.05, 3.63) is 40.2 Å². The minimum absolute atomic E-state index is 0.0238. The first-order valence-electron chi connectivity index (χ1n) is 5.21. The lowest BCUT2D eigenvalue weighted by molar-refractivity contribution is -0.109. The van der Waals surface area contributed by atoms with E-state index in [1.165, 1.54) is 24.0 Å². The maximum Gasteiger partial charge on any atom is 0.336 e. The van der Waals surface area contributed by atoms with Gasteiger partial charge in [-0.05, 0) is 24.6 Å². The molecule has 0 saturated carbocycles. The smallest absolute Gasteiger partial charge is 0.336 e. The number of aryl methyl sites for hydroxylation is 1. The second-order valence-corrected chi connectivity index (χ2v) is 5.83. The van der Waals surface area contributed by atoms with Gasteiger partial charge < -0.3 is 9.14 Å². The molecule has 0 aliphatic carbocycles. The molecule has 1 aromatic carbocycles. The van der Waals surface area contributed by atoms with Gasteiger partial charge in [-0.3, -0.25) is 4.79 Å². The molecule has 2 aromatic rings. The molecular formula is C12H11NO3S2. The molecule has 0 saturated heterocycles. The Kier molecular flexibility index (Phi) is 3.98. The van der Waals surface area contributed by atoms with Gasteiger partial charge in [0.05, 0.1) is 0 Å². The van der Waals surface area contributed by atoms with E-state index >= 15 is 0 Å². The van der Waals surface area contributed by atoms with Gasteiger partial charge in [0.25, 0.3) is 0 Å². The third kappa shape index (κ3) is 3.08. The first-order chi connectivity index (χ1) is 8.56. The first-order valence-corrected chi connectivity index (χ1v) is 7.36. The second kappa shape index (κ2) is 5.49. The van der Waals surface area contributed by atoms with Gasteiger partial charge in [0, 0.05) is 51.9 Å². The van der Waals surface area contributed by atoms with Crippen molar-refractivity contribution in [2.75, 3.05) is 4.72 Å². The lowest BCUT2D eigenvalue weighted by atomic mass is 10.1. The minimum atomic E-state index is -0.358. The van der Waals surface area contributed by atoms with Gasteiger partial charge in [-0.1, -0.05) is 0 Å². The monoisotopic (exact) mass is 281 g/mol. The van der Waals surface area contributed by atoms with Crippen molar-refractivity contribution in [1.29, 1.82) is 0 Å². The molecule has 0 amide bonds. The van der Waals surface area contributed by atoms with E-state index in [2.05, 4.69) is 4.72 Å². The maximum absolute atomic E-state index is 11.3. The predicted octanol–water partition coefficient (Wildman–Crippen LogP) is 3.36. The molecule has 0 aliphatic rings. The summed E-state index contributed by atoms with van der Waals surface area (Å²) < 4.78 is 8.14. The van der Waals surface area contributed by atoms with E-state index in [1.54, 1.807) is 6.07 Å². The van der Waals surface area contributed by atoms with E-state index in [-0.39, 0.29) is 10.7 Å². The summed E-state index contributed by atoms with van der Waals surface area (Å²) in [6.07, 6.45) is 0.